The molecule has 0 saturated heterocycles. The lowest BCUT2D eigenvalue weighted by Crippen LogP contribution is -2.27. The molecule has 6 heteroatoms. The maximum Gasteiger partial charge on any atom is 0.224 e. The second-order valence-corrected chi connectivity index (χ2v) is 7.65. The van der Waals surface area contributed by atoms with E-state index in [0.717, 1.165) is 48.3 Å². The van der Waals surface area contributed by atoms with Crippen molar-refractivity contribution in [3.05, 3.63) is 47.5 Å². The summed E-state index contributed by atoms with van der Waals surface area (Å²) < 4.78 is 22.4. The van der Waals surface area contributed by atoms with Gasteiger partial charge in [-0.1, -0.05) is 38.8 Å². The zero-order valence-electron chi connectivity index (χ0n) is 19.9. The maximum absolute atomic E-state index is 12.4. The third-order valence-electron chi connectivity index (χ3n) is 5.07. The number of hydrogen-bond acceptors (Lipinski definition) is 5. The van der Waals surface area contributed by atoms with Crippen LogP contribution in [-0.2, 0) is 17.6 Å². The van der Waals surface area contributed by atoms with Gasteiger partial charge >= 0.3 is 0 Å². The van der Waals surface area contributed by atoms with Crippen LogP contribution in [0.2, 0.25) is 0 Å². The first-order chi connectivity index (χ1) is 15.6. The Morgan fingerprint density at radius 2 is 1.31 bits per heavy atom. The average Bonchev–Trinajstić information content (AvgIpc) is 2.80. The summed E-state index contributed by atoms with van der Waals surface area (Å²) in [5.41, 5.74) is 1.97. The molecular formula is C26H37NO5. The minimum Gasteiger partial charge on any atom is -0.493 e. The summed E-state index contributed by atoms with van der Waals surface area (Å²) in [7, 11) is 3.25. The predicted molar refractivity (Wildman–Crippen MR) is 127 cm³/mol. The zero-order valence-corrected chi connectivity index (χ0v) is 19.9. The molecule has 0 saturated carbocycles. The number of methoxy groups -OCH3 is 2. The minimum absolute atomic E-state index is 0.0295. The van der Waals surface area contributed by atoms with E-state index < -0.39 is 0 Å². The van der Waals surface area contributed by atoms with Crippen molar-refractivity contribution in [2.45, 2.75) is 52.4 Å². The van der Waals surface area contributed by atoms with Crippen LogP contribution in [0.3, 0.4) is 0 Å². The molecule has 0 aliphatic carbocycles. The van der Waals surface area contributed by atoms with Crippen LogP contribution in [0.15, 0.2) is 36.4 Å². The minimum atomic E-state index is -0.0295. The number of ether oxygens (including phenoxy) is 4. The number of hydrogen-bond donors (Lipinski definition) is 1. The standard InChI is InChI=1S/C26H37NO5/c1-5-7-15-31-22-11-9-20(17-24(22)29-3)13-14-27-26(28)19-21-10-12-23(25(18-21)30-4)32-16-8-6-2/h9-12,17-18H,5-8,13-16,19H2,1-4H3,(H,27,28). The van der Waals surface area contributed by atoms with Crippen molar-refractivity contribution in [3.63, 3.8) is 0 Å². The van der Waals surface area contributed by atoms with Crippen molar-refractivity contribution in [2.75, 3.05) is 34.0 Å². The highest BCUT2D eigenvalue weighted by molar-refractivity contribution is 5.78. The molecule has 0 unspecified atom stereocenters. The van der Waals surface area contributed by atoms with Crippen LogP contribution in [0.5, 0.6) is 23.0 Å². The predicted octanol–water partition coefficient (Wildman–Crippen LogP) is 4.96. The van der Waals surface area contributed by atoms with Crippen LogP contribution in [0.4, 0.5) is 0 Å². The smallest absolute Gasteiger partial charge is 0.224 e. The van der Waals surface area contributed by atoms with Crippen molar-refractivity contribution < 1.29 is 23.7 Å². The molecule has 6 nitrogen and oxygen atoms in total. The molecule has 0 aromatic heterocycles. The lowest BCUT2D eigenvalue weighted by atomic mass is 10.1. The highest BCUT2D eigenvalue weighted by Gasteiger charge is 2.10. The molecule has 176 valence electrons. The molecule has 0 bridgehead atoms. The van der Waals surface area contributed by atoms with Gasteiger partial charge in [0.25, 0.3) is 0 Å². The quantitative estimate of drug-likeness (QED) is 0.394. The van der Waals surface area contributed by atoms with Gasteiger partial charge in [0.15, 0.2) is 23.0 Å². The van der Waals surface area contributed by atoms with Crippen molar-refractivity contribution in [2.24, 2.45) is 0 Å². The second kappa shape index (κ2) is 14.2. The first kappa shape index (κ1) is 25.4. The fourth-order valence-electron chi connectivity index (χ4n) is 3.18. The van der Waals surface area contributed by atoms with E-state index in [1.807, 2.05) is 36.4 Å². The Labute approximate surface area is 192 Å². The Kier molecular flexibility index (Phi) is 11.3. The average molecular weight is 444 g/mol. The third kappa shape index (κ3) is 8.33. The van der Waals surface area contributed by atoms with Crippen molar-refractivity contribution in [1.29, 1.82) is 0 Å². The van der Waals surface area contributed by atoms with Crippen molar-refractivity contribution >= 4 is 5.91 Å². The fourth-order valence-corrected chi connectivity index (χ4v) is 3.18. The summed E-state index contributed by atoms with van der Waals surface area (Å²) in [6.45, 7) is 6.14. The van der Waals surface area contributed by atoms with E-state index in [1.54, 1.807) is 14.2 Å². The molecule has 1 N–H and O–H groups in total. The number of rotatable bonds is 15. The van der Waals surface area contributed by atoms with Crippen LogP contribution in [0, 0.1) is 0 Å². The molecule has 0 aliphatic heterocycles. The largest absolute Gasteiger partial charge is 0.493 e. The summed E-state index contributed by atoms with van der Waals surface area (Å²) >= 11 is 0. The lowest BCUT2D eigenvalue weighted by molar-refractivity contribution is -0.120. The number of amides is 1. The van der Waals surface area contributed by atoms with Gasteiger partial charge in [0.2, 0.25) is 5.91 Å². The van der Waals surface area contributed by atoms with Crippen LogP contribution < -0.4 is 24.3 Å². The monoisotopic (exact) mass is 443 g/mol. The van der Waals surface area contributed by atoms with Crippen molar-refractivity contribution in [1.82, 2.24) is 5.32 Å². The Hall–Kier alpha value is -2.89. The summed E-state index contributed by atoms with van der Waals surface area (Å²) in [4.78, 5) is 12.4. The fraction of sp³-hybridized carbons (Fsp3) is 0.500. The van der Waals surface area contributed by atoms with E-state index in [2.05, 4.69) is 19.2 Å². The number of benzene rings is 2. The number of carbonyl (C=O) groups excluding carboxylic acids is 1. The molecule has 0 aliphatic rings. The summed E-state index contributed by atoms with van der Waals surface area (Å²) in [5.74, 6) is 2.81. The molecule has 1 amide bonds. The van der Waals surface area contributed by atoms with Gasteiger partial charge in [-0.15, -0.1) is 0 Å². The Bertz CT molecular complexity index is 837. The van der Waals surface area contributed by atoms with Crippen LogP contribution in [-0.4, -0.2) is 39.9 Å². The van der Waals surface area contributed by atoms with Gasteiger partial charge in [0.05, 0.1) is 33.9 Å². The van der Waals surface area contributed by atoms with Crippen LogP contribution in [0.1, 0.15) is 50.7 Å². The van der Waals surface area contributed by atoms with Crippen molar-refractivity contribution in [3.8, 4) is 23.0 Å². The molecule has 0 heterocycles. The van der Waals surface area contributed by atoms with Crippen LogP contribution in [0.25, 0.3) is 0 Å². The Morgan fingerprint density at radius 1 is 0.781 bits per heavy atom. The van der Waals surface area contributed by atoms with Gasteiger partial charge in [-0.2, -0.15) is 0 Å². The molecule has 2 aromatic carbocycles. The van der Waals surface area contributed by atoms with E-state index in [0.29, 0.717) is 44.1 Å². The summed E-state index contributed by atoms with van der Waals surface area (Å²) in [6, 6.07) is 11.6. The van der Waals surface area contributed by atoms with E-state index >= 15 is 0 Å². The van der Waals surface area contributed by atoms with E-state index in [4.69, 9.17) is 18.9 Å². The van der Waals surface area contributed by atoms with Gasteiger partial charge in [-0.3, -0.25) is 4.79 Å². The molecule has 0 spiro atoms. The van der Waals surface area contributed by atoms with E-state index in [1.165, 1.54) is 0 Å². The van der Waals surface area contributed by atoms with Gasteiger partial charge < -0.3 is 24.3 Å². The zero-order chi connectivity index (χ0) is 23.2. The Balaban J connectivity index is 1.84. The topological polar surface area (TPSA) is 66.0 Å². The first-order valence-corrected chi connectivity index (χ1v) is 11.5. The highest BCUT2D eigenvalue weighted by Crippen LogP contribution is 2.29. The molecule has 0 radical (unpaired) electrons. The van der Waals surface area contributed by atoms with Crippen LogP contribution >= 0.6 is 0 Å². The molecule has 0 fully saturated rings. The summed E-state index contributed by atoms with van der Waals surface area (Å²) in [6.07, 6.45) is 5.17. The molecule has 2 aromatic rings. The molecular weight excluding hydrogens is 406 g/mol. The van der Waals surface area contributed by atoms with E-state index in [9.17, 15) is 4.79 Å². The van der Waals surface area contributed by atoms with Gasteiger partial charge in [0.1, 0.15) is 0 Å². The number of unbranched alkanes of at least 4 members (excludes halogenated alkanes) is 2. The highest BCUT2D eigenvalue weighted by atomic mass is 16.5. The summed E-state index contributed by atoms with van der Waals surface area (Å²) in [5, 5.41) is 2.98. The SMILES string of the molecule is CCCCOc1ccc(CCNC(=O)Cc2ccc(OCCCC)c(OC)c2)cc1OC. The third-order valence-corrected chi connectivity index (χ3v) is 5.07. The van der Waals surface area contributed by atoms with Gasteiger partial charge in [-0.05, 0) is 54.7 Å². The normalized spacial score (nSPS) is 10.5. The Morgan fingerprint density at radius 3 is 1.84 bits per heavy atom. The van der Waals surface area contributed by atoms with Gasteiger partial charge in [0, 0.05) is 6.54 Å². The second-order valence-electron chi connectivity index (χ2n) is 7.65. The van der Waals surface area contributed by atoms with Gasteiger partial charge in [-0.25, -0.2) is 0 Å². The molecule has 0 atom stereocenters. The first-order valence-electron chi connectivity index (χ1n) is 11.5. The van der Waals surface area contributed by atoms with E-state index in [-0.39, 0.29) is 5.91 Å². The molecule has 32 heavy (non-hydrogen) atoms. The maximum atomic E-state index is 12.4. The lowest BCUT2D eigenvalue weighted by Gasteiger charge is -2.13. The number of nitrogens with one attached hydrogen (secondary N) is 1. The molecule has 2 rings (SSSR count). The number of carbonyl (C=O) groups is 1.